The molecule has 2 aromatic carbocycles. The summed E-state index contributed by atoms with van der Waals surface area (Å²) in [4.78, 5) is 24.3. The number of anilines is 2. The second kappa shape index (κ2) is 7.95. The smallest absolute Gasteiger partial charge is 0.416 e. The molecule has 1 aliphatic heterocycles. The Morgan fingerprint density at radius 3 is 2.73 bits per heavy atom. The summed E-state index contributed by atoms with van der Waals surface area (Å²) in [6.45, 7) is 1.78. The van der Waals surface area contributed by atoms with Crippen molar-refractivity contribution in [1.82, 2.24) is 24.1 Å². The Labute approximate surface area is 207 Å². The van der Waals surface area contributed by atoms with Crippen molar-refractivity contribution in [2.75, 3.05) is 17.2 Å². The number of imidazole rings is 1. The van der Waals surface area contributed by atoms with Crippen molar-refractivity contribution in [2.24, 2.45) is 7.05 Å². The number of halogens is 3. The maximum absolute atomic E-state index is 14.2. The van der Waals surface area contributed by atoms with Gasteiger partial charge in [-0.2, -0.15) is 18.3 Å². The zero-order chi connectivity index (χ0) is 26.1. The molecular weight excluding hydrogens is 487 g/mol. The third kappa shape index (κ3) is 3.63. The van der Waals surface area contributed by atoms with Crippen LogP contribution in [-0.2, 0) is 13.2 Å². The highest BCUT2D eigenvalue weighted by atomic mass is 19.4. The molecule has 1 amide bonds. The highest BCUT2D eigenvalue weighted by Gasteiger charge is 2.38. The summed E-state index contributed by atoms with van der Waals surface area (Å²) in [5.74, 6) is 0.0498. The second-order valence-electron chi connectivity index (χ2n) is 8.93. The summed E-state index contributed by atoms with van der Waals surface area (Å²) < 4.78 is 48.7. The molecule has 0 saturated heterocycles. The van der Waals surface area contributed by atoms with E-state index in [0.717, 1.165) is 12.1 Å². The van der Waals surface area contributed by atoms with Crippen LogP contribution in [-0.4, -0.2) is 36.7 Å². The van der Waals surface area contributed by atoms with E-state index < -0.39 is 17.8 Å². The highest BCUT2D eigenvalue weighted by Crippen LogP contribution is 2.42. The summed E-state index contributed by atoms with van der Waals surface area (Å²) >= 11 is 0. The first-order valence-electron chi connectivity index (χ1n) is 11.3. The molecule has 0 saturated carbocycles. The number of fused-ring (bicyclic) bond motifs is 4. The van der Waals surface area contributed by atoms with Crippen LogP contribution >= 0.6 is 0 Å². The summed E-state index contributed by atoms with van der Waals surface area (Å²) in [6, 6.07) is 6.16. The molecule has 12 heteroatoms. The Morgan fingerprint density at radius 2 is 2.00 bits per heavy atom. The SMILES string of the molecule is Cc1cc2nc(N)c3cncn3c2cc1C(=O)N(c1cnn(C)c1)[C@@H]1COc2cc(C(F)(F)F)ccc21. The van der Waals surface area contributed by atoms with Crippen molar-refractivity contribution >= 4 is 34.0 Å². The number of rotatable bonds is 3. The van der Waals surface area contributed by atoms with Crippen molar-refractivity contribution in [1.29, 1.82) is 0 Å². The average molecular weight is 507 g/mol. The fourth-order valence-electron chi connectivity index (χ4n) is 4.74. The quantitative estimate of drug-likeness (QED) is 0.391. The molecule has 5 aromatic rings. The molecular formula is C25H20F3N7O2. The van der Waals surface area contributed by atoms with E-state index in [0.29, 0.717) is 44.7 Å². The van der Waals surface area contributed by atoms with Crippen LogP contribution in [0.4, 0.5) is 24.7 Å². The number of nitrogen functional groups attached to an aromatic ring is 1. The largest absolute Gasteiger partial charge is 0.491 e. The zero-order valence-electron chi connectivity index (χ0n) is 19.7. The van der Waals surface area contributed by atoms with E-state index in [1.54, 1.807) is 53.9 Å². The number of aryl methyl sites for hydroxylation is 2. The molecule has 0 bridgehead atoms. The molecule has 3 aromatic heterocycles. The zero-order valence-corrected chi connectivity index (χ0v) is 19.7. The van der Waals surface area contributed by atoms with Gasteiger partial charge in [0.15, 0.2) is 0 Å². The molecule has 0 spiro atoms. The van der Waals surface area contributed by atoms with E-state index in [-0.39, 0.29) is 18.3 Å². The molecule has 0 radical (unpaired) electrons. The highest BCUT2D eigenvalue weighted by molar-refractivity contribution is 6.09. The van der Waals surface area contributed by atoms with Gasteiger partial charge in [0.1, 0.15) is 23.7 Å². The van der Waals surface area contributed by atoms with Gasteiger partial charge in [0.25, 0.3) is 5.91 Å². The van der Waals surface area contributed by atoms with Gasteiger partial charge in [-0.05, 0) is 36.8 Å². The van der Waals surface area contributed by atoms with Crippen molar-refractivity contribution in [3.63, 3.8) is 0 Å². The first-order valence-corrected chi connectivity index (χ1v) is 11.3. The third-order valence-electron chi connectivity index (χ3n) is 6.55. The van der Waals surface area contributed by atoms with Crippen LogP contribution in [0.15, 0.2) is 55.2 Å². The van der Waals surface area contributed by atoms with Crippen LogP contribution in [0.25, 0.3) is 16.6 Å². The number of carbonyl (C=O) groups excluding carboxylic acids is 1. The molecule has 2 N–H and O–H groups in total. The first-order chi connectivity index (χ1) is 17.6. The number of hydrogen-bond acceptors (Lipinski definition) is 6. The number of alkyl halides is 3. The van der Waals surface area contributed by atoms with Crippen molar-refractivity contribution < 1.29 is 22.7 Å². The molecule has 188 valence electrons. The molecule has 9 nitrogen and oxygen atoms in total. The Balaban J connectivity index is 1.49. The Morgan fingerprint density at radius 1 is 1.19 bits per heavy atom. The fourth-order valence-corrected chi connectivity index (χ4v) is 4.74. The maximum Gasteiger partial charge on any atom is 0.416 e. The van der Waals surface area contributed by atoms with Gasteiger partial charge in [-0.25, -0.2) is 9.97 Å². The molecule has 6 rings (SSSR count). The second-order valence-corrected chi connectivity index (χ2v) is 8.93. The van der Waals surface area contributed by atoms with E-state index in [1.807, 2.05) is 0 Å². The summed E-state index contributed by atoms with van der Waals surface area (Å²) in [6.07, 6.45) is 1.89. The van der Waals surface area contributed by atoms with E-state index in [2.05, 4.69) is 15.1 Å². The average Bonchev–Trinajstić information content (AvgIpc) is 3.59. The van der Waals surface area contributed by atoms with Crippen LogP contribution in [0.3, 0.4) is 0 Å². The van der Waals surface area contributed by atoms with Crippen LogP contribution < -0.4 is 15.4 Å². The van der Waals surface area contributed by atoms with Gasteiger partial charge in [-0.15, -0.1) is 0 Å². The lowest BCUT2D eigenvalue weighted by Crippen LogP contribution is -2.36. The molecule has 37 heavy (non-hydrogen) atoms. The van der Waals surface area contributed by atoms with Gasteiger partial charge in [0.05, 0.1) is 47.0 Å². The predicted octanol–water partition coefficient (Wildman–Crippen LogP) is 4.31. The fraction of sp³-hybridized carbons (Fsp3) is 0.200. The molecule has 1 atom stereocenters. The van der Waals surface area contributed by atoms with E-state index in [4.69, 9.17) is 10.5 Å². The number of nitrogens with zero attached hydrogens (tertiary/aromatic N) is 6. The number of aromatic nitrogens is 5. The minimum atomic E-state index is -4.51. The maximum atomic E-state index is 14.2. The minimum absolute atomic E-state index is 0.00619. The van der Waals surface area contributed by atoms with Gasteiger partial charge in [0.2, 0.25) is 0 Å². The van der Waals surface area contributed by atoms with Crippen molar-refractivity contribution in [3.8, 4) is 5.75 Å². The number of amides is 1. The topological polar surface area (TPSA) is 104 Å². The number of ether oxygens (including phenoxy) is 1. The standard InChI is InChI=1S/C25H20F3N7O2/c1-13-5-18-19(34-12-30-9-20(34)23(29)32-18)7-17(13)24(36)35(15-8-31-33(2)10-15)21-11-37-22-6-14(25(26,27)28)3-4-16(21)22/h3-10,12,21H,11H2,1-2H3,(H2,29,32)/t21-/m1/s1. The van der Waals surface area contributed by atoms with Crippen molar-refractivity contribution in [2.45, 2.75) is 19.1 Å². The molecule has 1 aliphatic rings. The molecule has 4 heterocycles. The summed E-state index contributed by atoms with van der Waals surface area (Å²) in [7, 11) is 1.72. The number of hydrogen-bond donors (Lipinski definition) is 1. The van der Waals surface area contributed by atoms with E-state index >= 15 is 0 Å². The third-order valence-corrected chi connectivity index (χ3v) is 6.55. The number of carbonyl (C=O) groups is 1. The Bertz CT molecular complexity index is 1710. The number of nitrogens with two attached hydrogens (primary N) is 1. The van der Waals surface area contributed by atoms with Gasteiger partial charge >= 0.3 is 6.18 Å². The Kier molecular flexibility index (Phi) is 4.90. The van der Waals surface area contributed by atoms with Crippen LogP contribution in [0, 0.1) is 6.92 Å². The lowest BCUT2D eigenvalue weighted by atomic mass is 10.0. The molecule has 0 aliphatic carbocycles. The van der Waals surface area contributed by atoms with Gasteiger partial charge in [-0.1, -0.05) is 6.07 Å². The van der Waals surface area contributed by atoms with E-state index in [1.165, 1.54) is 17.2 Å². The predicted molar refractivity (Wildman–Crippen MR) is 129 cm³/mol. The van der Waals surface area contributed by atoms with Gasteiger partial charge in [-0.3, -0.25) is 18.8 Å². The van der Waals surface area contributed by atoms with Crippen LogP contribution in [0.2, 0.25) is 0 Å². The molecule has 0 fully saturated rings. The normalized spacial score (nSPS) is 15.2. The Hall–Kier alpha value is -4.61. The van der Waals surface area contributed by atoms with Crippen molar-refractivity contribution in [3.05, 3.63) is 77.5 Å². The van der Waals surface area contributed by atoms with Crippen LogP contribution in [0.5, 0.6) is 5.75 Å². The summed E-state index contributed by atoms with van der Waals surface area (Å²) in [5, 5.41) is 4.20. The number of benzene rings is 2. The van der Waals surface area contributed by atoms with Gasteiger partial charge < -0.3 is 10.5 Å². The van der Waals surface area contributed by atoms with Gasteiger partial charge in [0, 0.05) is 24.4 Å². The minimum Gasteiger partial charge on any atom is -0.491 e. The van der Waals surface area contributed by atoms with E-state index in [9.17, 15) is 18.0 Å². The first kappa shape index (κ1) is 22.8. The molecule has 0 unspecified atom stereocenters. The lowest BCUT2D eigenvalue weighted by Gasteiger charge is -2.28. The van der Waals surface area contributed by atoms with Crippen LogP contribution in [0.1, 0.15) is 33.1 Å². The summed E-state index contributed by atoms with van der Waals surface area (Å²) in [5.41, 5.74) is 9.11. The monoisotopic (exact) mass is 507 g/mol. The lowest BCUT2D eigenvalue weighted by molar-refractivity contribution is -0.137.